The fourth-order valence-electron chi connectivity index (χ4n) is 3.52. The molecule has 0 aromatic heterocycles. The van der Waals surface area contributed by atoms with Crippen molar-refractivity contribution in [3.63, 3.8) is 0 Å². The maximum Gasteiger partial charge on any atom is 0.416 e. The zero-order chi connectivity index (χ0) is 21.5. The maximum absolute atomic E-state index is 12.8. The lowest BCUT2D eigenvalue weighted by molar-refractivity contribution is -0.137. The van der Waals surface area contributed by atoms with Gasteiger partial charge in [-0.1, -0.05) is 35.9 Å². The van der Waals surface area contributed by atoms with E-state index in [-0.39, 0.29) is 16.8 Å². The van der Waals surface area contributed by atoms with E-state index in [0.29, 0.717) is 6.42 Å². The highest BCUT2D eigenvalue weighted by molar-refractivity contribution is 6.34. The molecule has 0 saturated heterocycles. The number of benzene rings is 3. The molecule has 0 fully saturated rings. The Labute approximate surface area is 171 Å². The molecule has 0 aliphatic carbocycles. The summed E-state index contributed by atoms with van der Waals surface area (Å²) in [5.41, 5.74) is 3.11. The summed E-state index contributed by atoms with van der Waals surface area (Å²) in [6.07, 6.45) is -2.98. The van der Waals surface area contributed by atoms with Gasteiger partial charge in [0.1, 0.15) is 0 Å². The van der Waals surface area contributed by atoms with Crippen molar-refractivity contribution in [2.75, 3.05) is 4.90 Å². The van der Waals surface area contributed by atoms with Gasteiger partial charge >= 0.3 is 6.18 Å². The van der Waals surface area contributed by atoms with Crippen molar-refractivity contribution in [2.24, 2.45) is 0 Å². The van der Waals surface area contributed by atoms with Crippen LogP contribution >= 0.6 is 0 Å². The third-order valence-electron chi connectivity index (χ3n) is 5.23. The van der Waals surface area contributed by atoms with Gasteiger partial charge in [-0.05, 0) is 67.3 Å². The fraction of sp³-hybridized carbons (Fsp3) is 0.167. The minimum absolute atomic E-state index is 0.121. The topological polar surface area (TPSA) is 37.4 Å². The number of hydrogen-bond acceptors (Lipinski definition) is 2. The van der Waals surface area contributed by atoms with Crippen LogP contribution in [0.2, 0.25) is 0 Å². The van der Waals surface area contributed by atoms with Gasteiger partial charge in [0.05, 0.1) is 22.4 Å². The summed E-state index contributed by atoms with van der Waals surface area (Å²) in [6.45, 7) is 2.02. The van der Waals surface area contributed by atoms with E-state index in [1.54, 1.807) is 12.1 Å². The third kappa shape index (κ3) is 3.73. The van der Waals surface area contributed by atoms with Crippen molar-refractivity contribution in [1.29, 1.82) is 0 Å². The van der Waals surface area contributed by atoms with Gasteiger partial charge in [0, 0.05) is 0 Å². The van der Waals surface area contributed by atoms with E-state index in [2.05, 4.69) is 12.1 Å². The summed E-state index contributed by atoms with van der Waals surface area (Å²) in [7, 11) is 0. The van der Waals surface area contributed by atoms with Gasteiger partial charge in [0.15, 0.2) is 0 Å². The Morgan fingerprint density at radius 1 is 0.733 bits per heavy atom. The van der Waals surface area contributed by atoms with Gasteiger partial charge in [-0.3, -0.25) is 9.59 Å². The Bertz CT molecular complexity index is 1120. The van der Waals surface area contributed by atoms with E-state index in [1.165, 1.54) is 11.1 Å². The molecule has 3 aromatic carbocycles. The third-order valence-corrected chi connectivity index (χ3v) is 5.23. The zero-order valence-electron chi connectivity index (χ0n) is 16.2. The first kappa shape index (κ1) is 19.9. The zero-order valence-corrected chi connectivity index (χ0v) is 16.2. The van der Waals surface area contributed by atoms with Crippen molar-refractivity contribution >= 4 is 17.5 Å². The van der Waals surface area contributed by atoms with Crippen molar-refractivity contribution in [3.05, 3.63) is 100 Å². The highest BCUT2D eigenvalue weighted by atomic mass is 19.4. The number of alkyl halides is 3. The number of carbonyl (C=O) groups excluding carboxylic acids is 2. The molecule has 0 radical (unpaired) electrons. The van der Waals surface area contributed by atoms with Crippen LogP contribution in [-0.4, -0.2) is 11.8 Å². The van der Waals surface area contributed by atoms with Gasteiger partial charge in [-0.15, -0.1) is 0 Å². The molecule has 0 unspecified atom stereocenters. The number of aryl methyl sites for hydroxylation is 3. The first-order valence-corrected chi connectivity index (χ1v) is 9.48. The monoisotopic (exact) mass is 409 g/mol. The van der Waals surface area contributed by atoms with Crippen LogP contribution in [0.3, 0.4) is 0 Å². The number of amides is 2. The highest BCUT2D eigenvalue weighted by Gasteiger charge is 2.37. The van der Waals surface area contributed by atoms with Crippen LogP contribution in [0.5, 0.6) is 0 Å². The van der Waals surface area contributed by atoms with Gasteiger partial charge in [0.2, 0.25) is 0 Å². The summed E-state index contributed by atoms with van der Waals surface area (Å²) in [5.74, 6) is -1.05. The van der Waals surface area contributed by atoms with E-state index in [0.717, 1.165) is 41.1 Å². The molecule has 0 bridgehead atoms. The molecule has 152 valence electrons. The molecule has 30 heavy (non-hydrogen) atoms. The van der Waals surface area contributed by atoms with Crippen LogP contribution in [-0.2, 0) is 19.0 Å². The maximum atomic E-state index is 12.8. The van der Waals surface area contributed by atoms with Crippen molar-refractivity contribution in [1.82, 2.24) is 0 Å². The van der Waals surface area contributed by atoms with E-state index < -0.39 is 23.6 Å². The second-order valence-electron chi connectivity index (χ2n) is 7.36. The number of hydrogen-bond donors (Lipinski definition) is 0. The summed E-state index contributed by atoms with van der Waals surface area (Å²) in [4.78, 5) is 26.5. The molecule has 0 N–H and O–H groups in total. The smallest absolute Gasteiger partial charge is 0.268 e. The summed E-state index contributed by atoms with van der Waals surface area (Å²) < 4.78 is 38.3. The fourth-order valence-corrected chi connectivity index (χ4v) is 3.52. The number of rotatable bonds is 4. The summed E-state index contributed by atoms with van der Waals surface area (Å²) in [5, 5.41) is 0. The molecule has 1 heterocycles. The normalized spacial score (nSPS) is 13.7. The average molecular weight is 409 g/mol. The van der Waals surface area contributed by atoms with E-state index in [9.17, 15) is 22.8 Å². The first-order chi connectivity index (χ1) is 14.2. The first-order valence-electron chi connectivity index (χ1n) is 9.48. The van der Waals surface area contributed by atoms with Gasteiger partial charge < -0.3 is 0 Å². The molecule has 6 heteroatoms. The van der Waals surface area contributed by atoms with Crippen LogP contribution in [0.4, 0.5) is 18.9 Å². The standard InChI is InChI=1S/C24H18F3NO2/c1-15-2-4-16(5-3-15)6-7-17-8-13-20-21(14-17)23(30)28(22(20)29)19-11-9-18(10-12-19)24(25,26)27/h2-5,8-14H,6-7H2,1H3. The van der Waals surface area contributed by atoms with E-state index in [1.807, 2.05) is 25.1 Å². The molecule has 3 nitrogen and oxygen atoms in total. The predicted octanol–water partition coefficient (Wildman–Crippen LogP) is 5.60. The van der Waals surface area contributed by atoms with E-state index >= 15 is 0 Å². The molecule has 2 amide bonds. The molecular formula is C24H18F3NO2. The molecule has 0 atom stereocenters. The Morgan fingerprint density at radius 2 is 1.30 bits per heavy atom. The second kappa shape index (κ2) is 7.44. The van der Waals surface area contributed by atoms with E-state index in [4.69, 9.17) is 0 Å². The Hall–Kier alpha value is -3.41. The lowest BCUT2D eigenvalue weighted by atomic mass is 10.00. The van der Waals surface area contributed by atoms with Crippen LogP contribution in [0.1, 0.15) is 43.0 Å². The number of carbonyl (C=O) groups is 2. The van der Waals surface area contributed by atoms with Crippen LogP contribution < -0.4 is 4.90 Å². The average Bonchev–Trinajstić information content (AvgIpc) is 2.97. The molecular weight excluding hydrogens is 391 g/mol. The molecule has 1 aliphatic rings. The lowest BCUT2D eigenvalue weighted by Crippen LogP contribution is -2.29. The Morgan fingerprint density at radius 3 is 1.93 bits per heavy atom. The van der Waals surface area contributed by atoms with Crippen LogP contribution in [0.25, 0.3) is 0 Å². The van der Waals surface area contributed by atoms with Gasteiger partial charge in [-0.25, -0.2) is 4.90 Å². The van der Waals surface area contributed by atoms with Gasteiger partial charge in [0.25, 0.3) is 11.8 Å². The van der Waals surface area contributed by atoms with Gasteiger partial charge in [-0.2, -0.15) is 13.2 Å². The van der Waals surface area contributed by atoms with Crippen LogP contribution in [0, 0.1) is 6.92 Å². The Kier molecular flexibility index (Phi) is 4.94. The number of nitrogens with zero attached hydrogens (tertiary/aromatic N) is 1. The second-order valence-corrected chi connectivity index (χ2v) is 7.36. The molecule has 0 saturated carbocycles. The van der Waals surface area contributed by atoms with Crippen molar-refractivity contribution in [2.45, 2.75) is 25.9 Å². The highest BCUT2D eigenvalue weighted by Crippen LogP contribution is 2.33. The number of anilines is 1. The van der Waals surface area contributed by atoms with Crippen molar-refractivity contribution in [3.8, 4) is 0 Å². The van der Waals surface area contributed by atoms with Crippen molar-refractivity contribution < 1.29 is 22.8 Å². The quantitative estimate of drug-likeness (QED) is 0.526. The SMILES string of the molecule is Cc1ccc(CCc2ccc3c(c2)C(=O)N(c2ccc(C(F)(F)F)cc2)C3=O)cc1. The number of fused-ring (bicyclic) bond motifs is 1. The number of halogens is 3. The lowest BCUT2D eigenvalue weighted by Gasteiger charge is -2.15. The summed E-state index contributed by atoms with van der Waals surface area (Å²) >= 11 is 0. The molecule has 0 spiro atoms. The largest absolute Gasteiger partial charge is 0.416 e. The van der Waals surface area contributed by atoms with Crippen LogP contribution in [0.15, 0.2) is 66.7 Å². The summed E-state index contributed by atoms with van der Waals surface area (Å²) in [6, 6.07) is 17.4. The minimum Gasteiger partial charge on any atom is -0.268 e. The Balaban J connectivity index is 1.55. The molecule has 4 rings (SSSR count). The molecule has 3 aromatic rings. The predicted molar refractivity (Wildman–Crippen MR) is 108 cm³/mol. The minimum atomic E-state index is -4.48. The molecule has 1 aliphatic heterocycles. The number of imide groups is 1.